The number of rotatable bonds is 17. The van der Waals surface area contributed by atoms with Gasteiger partial charge in [0.1, 0.15) is 6.04 Å². The molecule has 69 heavy (non-hydrogen) atoms. The van der Waals surface area contributed by atoms with E-state index in [9.17, 15) is 24.0 Å². The number of nitrogens with one attached hydrogen (secondary N) is 4. The van der Waals surface area contributed by atoms with E-state index in [1.165, 1.54) is 44.1 Å². The monoisotopic (exact) mass is 976 g/mol. The Balaban J connectivity index is -0.000000631. The first-order chi connectivity index (χ1) is 32.5. The molecule has 5 amide bonds. The first-order valence-electron chi connectivity index (χ1n) is 26.0. The number of amides is 5. The van der Waals surface area contributed by atoms with Gasteiger partial charge in [-0.05, 0) is 101 Å². The molecule has 1 saturated carbocycles. The molecule has 1 aliphatic carbocycles. The fourth-order valence-electron chi connectivity index (χ4n) is 7.07. The molecule has 14 nitrogen and oxygen atoms in total. The molecule has 1 saturated heterocycles. The maximum absolute atomic E-state index is 14.0. The number of piperidine rings is 1. The minimum Gasteiger partial charge on any atom is -0.483 e. The predicted octanol–water partition coefficient (Wildman–Crippen LogP) is 10.3. The molecule has 2 aliphatic rings. The van der Waals surface area contributed by atoms with E-state index < -0.39 is 11.9 Å². The average molecular weight is 976 g/mol. The van der Waals surface area contributed by atoms with E-state index in [0.29, 0.717) is 31.5 Å². The zero-order valence-corrected chi connectivity index (χ0v) is 46.6. The minimum atomic E-state index is -0.578. The lowest BCUT2D eigenvalue weighted by atomic mass is 9.75. The summed E-state index contributed by atoms with van der Waals surface area (Å²) in [5.41, 5.74) is 6.51. The van der Waals surface area contributed by atoms with E-state index in [1.54, 1.807) is 17.9 Å². The summed E-state index contributed by atoms with van der Waals surface area (Å²) in [7, 11) is 1.84. The van der Waals surface area contributed by atoms with Gasteiger partial charge in [-0.25, -0.2) is 4.79 Å². The van der Waals surface area contributed by atoms with Crippen LogP contribution >= 0.6 is 0 Å². The summed E-state index contributed by atoms with van der Waals surface area (Å²) in [5.74, 6) is -0.506. The number of allylic oxidation sites excluding steroid dienone is 1. The first-order valence-corrected chi connectivity index (χ1v) is 26.0. The summed E-state index contributed by atoms with van der Waals surface area (Å²) >= 11 is 0. The lowest BCUT2D eigenvalue weighted by Gasteiger charge is -2.42. The Morgan fingerprint density at radius 2 is 1.38 bits per heavy atom. The number of likely N-dealkylation sites (N-methyl/N-ethyl adjacent to an activating group) is 2. The van der Waals surface area contributed by atoms with Crippen LogP contribution in [0.3, 0.4) is 0 Å². The third-order valence-corrected chi connectivity index (χ3v) is 12.0. The number of unbranched alkanes of at least 4 members (excludes halogenated alkanes) is 2. The lowest BCUT2D eigenvalue weighted by molar-refractivity contribution is -0.135. The second-order valence-electron chi connectivity index (χ2n) is 19.8. The second kappa shape index (κ2) is 43.7. The molecular weight excluding hydrogens is 871 g/mol. The SMILES string of the molecule is C=CC.CC.CCC(C)NC(=O)CCCCN(C)C(=O)C(NC(=O)NC(CN1CCC(C)(C)CC1)C(C)(C)C)C1(C)CCCCCC1.CCCC.CCNC(=O)C=O.NCc1ccccc1.O=CO. The van der Waals surface area contributed by atoms with E-state index in [1.807, 2.05) is 65.1 Å². The Morgan fingerprint density at radius 1 is 0.870 bits per heavy atom. The van der Waals surface area contributed by atoms with Crippen LogP contribution in [0.4, 0.5) is 4.79 Å². The molecule has 0 radical (unpaired) electrons. The van der Waals surface area contributed by atoms with Gasteiger partial charge in [0.25, 0.3) is 12.4 Å². The molecule has 1 heterocycles. The highest BCUT2D eigenvalue weighted by Gasteiger charge is 2.42. The van der Waals surface area contributed by atoms with Gasteiger partial charge in [0.05, 0.1) is 0 Å². The van der Waals surface area contributed by atoms with Crippen molar-refractivity contribution in [3.8, 4) is 0 Å². The molecule has 3 unspecified atom stereocenters. The topological polar surface area (TPSA) is 203 Å². The van der Waals surface area contributed by atoms with Crippen molar-refractivity contribution in [2.24, 2.45) is 22.0 Å². The minimum absolute atomic E-state index is 0.0239. The smallest absolute Gasteiger partial charge is 0.315 e. The first kappa shape index (κ1) is 71.3. The van der Waals surface area contributed by atoms with Crippen LogP contribution in [0.1, 0.15) is 192 Å². The van der Waals surface area contributed by atoms with E-state index in [-0.39, 0.29) is 53.5 Å². The number of carbonyl (C=O) groups excluding carboxylic acids is 5. The van der Waals surface area contributed by atoms with Crippen LogP contribution in [0, 0.1) is 16.2 Å². The van der Waals surface area contributed by atoms with Crippen molar-refractivity contribution < 1.29 is 33.9 Å². The molecular formula is C55H105N7O7. The number of hydrogen-bond acceptors (Lipinski definition) is 8. The Labute approximate surface area is 421 Å². The van der Waals surface area contributed by atoms with Crippen molar-refractivity contribution in [1.82, 2.24) is 31.1 Å². The largest absolute Gasteiger partial charge is 0.483 e. The van der Waals surface area contributed by atoms with Gasteiger partial charge in [-0.2, -0.15) is 0 Å². The van der Waals surface area contributed by atoms with Gasteiger partial charge in [0.15, 0.2) is 0 Å². The van der Waals surface area contributed by atoms with Gasteiger partial charge >= 0.3 is 6.03 Å². The van der Waals surface area contributed by atoms with Crippen LogP contribution in [0.15, 0.2) is 43.0 Å². The number of urea groups is 1. The van der Waals surface area contributed by atoms with Crippen molar-refractivity contribution in [3.05, 3.63) is 48.6 Å². The van der Waals surface area contributed by atoms with Gasteiger partial charge in [0, 0.05) is 51.7 Å². The summed E-state index contributed by atoms with van der Waals surface area (Å²) in [5, 5.41) is 18.7. The third kappa shape index (κ3) is 38.2. The van der Waals surface area contributed by atoms with E-state index in [0.717, 1.165) is 64.6 Å². The van der Waals surface area contributed by atoms with Gasteiger partial charge in [-0.15, -0.1) is 6.58 Å². The van der Waals surface area contributed by atoms with E-state index >= 15 is 0 Å². The van der Waals surface area contributed by atoms with Gasteiger partial charge in [-0.1, -0.05) is 151 Å². The highest BCUT2D eigenvalue weighted by molar-refractivity contribution is 6.23. The van der Waals surface area contributed by atoms with Crippen LogP contribution in [0.5, 0.6) is 0 Å². The fraction of sp³-hybridized carbons (Fsp3) is 0.745. The summed E-state index contributed by atoms with van der Waals surface area (Å²) in [4.78, 5) is 71.8. The molecule has 14 heteroatoms. The fourth-order valence-corrected chi connectivity index (χ4v) is 7.07. The molecule has 7 N–H and O–H groups in total. The van der Waals surface area contributed by atoms with E-state index in [4.69, 9.17) is 15.6 Å². The number of carbonyl (C=O) groups is 6. The van der Waals surface area contributed by atoms with Gasteiger partial charge in [-0.3, -0.25) is 24.0 Å². The summed E-state index contributed by atoms with van der Waals surface area (Å²) in [6.07, 6.45) is 16.2. The van der Waals surface area contributed by atoms with Crippen LogP contribution in [-0.2, 0) is 30.5 Å². The molecule has 2 fully saturated rings. The lowest BCUT2D eigenvalue weighted by Crippen LogP contribution is -2.61. The Kier molecular flexibility index (Phi) is 45.1. The van der Waals surface area contributed by atoms with Crippen molar-refractivity contribution in [1.29, 1.82) is 0 Å². The van der Waals surface area contributed by atoms with Crippen LogP contribution in [0.2, 0.25) is 0 Å². The highest BCUT2D eigenvalue weighted by Crippen LogP contribution is 2.38. The average Bonchev–Trinajstić information content (AvgIpc) is 3.56. The Morgan fingerprint density at radius 3 is 1.77 bits per heavy atom. The predicted molar refractivity (Wildman–Crippen MR) is 289 cm³/mol. The third-order valence-electron chi connectivity index (χ3n) is 12.0. The summed E-state index contributed by atoms with van der Waals surface area (Å²) in [6.45, 7) is 37.2. The number of likely N-dealkylation sites (tertiary alicyclic amines) is 1. The number of carboxylic acid groups (broad SMARTS) is 1. The zero-order valence-electron chi connectivity index (χ0n) is 46.6. The van der Waals surface area contributed by atoms with Crippen LogP contribution in [0.25, 0.3) is 0 Å². The zero-order chi connectivity index (χ0) is 53.9. The number of hydrogen-bond donors (Lipinski definition) is 6. The Hall–Kier alpha value is -4.30. The van der Waals surface area contributed by atoms with Crippen molar-refractivity contribution in [2.75, 3.05) is 39.8 Å². The second-order valence-corrected chi connectivity index (χ2v) is 19.8. The van der Waals surface area contributed by atoms with Crippen molar-refractivity contribution >= 4 is 36.5 Å². The van der Waals surface area contributed by atoms with Gasteiger partial charge in [0.2, 0.25) is 18.1 Å². The standard InChI is InChI=1S/C34H65N5O3.C7H9N.C4H7NO2.C4H10.C3H6.C2H6.CH2O2/c1-10-26(2)35-28(40)17-13-16-22-38(9)30(41)29(34(8)18-14-11-12-15-19-34)37-31(42)36-27(32(3,4)5)25-39-23-20-33(6,7)21-24-39;8-6-7-4-2-1-3-5-7;1-2-5-4(7)3-6;1-3-4-2;1-3-2;1-2;2-1-3/h26-27,29H,10-25H2,1-9H3,(H,35,40)(H2,36,37,42);1-5H,6,8H2;3H,2H2,1H3,(H,5,7);3-4H2,1-2H3;3H,1H2,2H3;1-2H3;1H,(H,2,3). The maximum Gasteiger partial charge on any atom is 0.315 e. The van der Waals surface area contributed by atoms with E-state index in [2.05, 4.69) is 95.1 Å². The normalized spacial score (nSPS) is 15.7. The molecule has 0 bridgehead atoms. The molecule has 3 rings (SSSR count). The number of aldehydes is 1. The molecule has 402 valence electrons. The molecule has 1 aliphatic heterocycles. The molecule has 1 aromatic rings. The van der Waals surface area contributed by atoms with Gasteiger partial charge < -0.3 is 41.9 Å². The highest BCUT2D eigenvalue weighted by atomic mass is 16.3. The van der Waals surface area contributed by atoms with Crippen molar-refractivity contribution in [3.63, 3.8) is 0 Å². The summed E-state index contributed by atoms with van der Waals surface area (Å²) in [6, 6.07) is 9.32. The number of benzene rings is 1. The molecule has 1 aromatic carbocycles. The number of nitrogens with zero attached hydrogens (tertiary/aromatic N) is 2. The Bertz CT molecular complexity index is 1440. The number of nitrogens with two attached hydrogens (primary N) is 1. The summed E-state index contributed by atoms with van der Waals surface area (Å²) < 4.78 is 0. The molecule has 0 spiro atoms. The maximum atomic E-state index is 14.0. The quantitative estimate of drug-likeness (QED) is 0.0289. The molecule has 3 atom stereocenters. The van der Waals surface area contributed by atoms with Crippen LogP contribution in [-0.4, -0.2) is 109 Å². The van der Waals surface area contributed by atoms with Crippen LogP contribution < -0.4 is 27.0 Å². The van der Waals surface area contributed by atoms with Crippen molar-refractivity contribution in [2.45, 2.75) is 211 Å². The molecule has 0 aromatic heterocycles.